The minimum Gasteiger partial charge on any atom is -0.369 e. The first kappa shape index (κ1) is 13.3. The molecule has 4 N–H and O–H groups in total. The minimum atomic E-state index is -0.519. The summed E-state index contributed by atoms with van der Waals surface area (Å²) >= 11 is 0. The first-order valence-electron chi connectivity index (χ1n) is 6.08. The molecular formula is C13H17N4O2. The Morgan fingerprint density at radius 1 is 1.53 bits per heavy atom. The summed E-state index contributed by atoms with van der Waals surface area (Å²) in [5, 5.41) is 0. The second-order valence-electron chi connectivity index (χ2n) is 4.69. The maximum Gasteiger partial charge on any atom is 0.248 e. The van der Waals surface area contributed by atoms with Gasteiger partial charge >= 0.3 is 0 Å². The van der Waals surface area contributed by atoms with Gasteiger partial charge in [0.1, 0.15) is 0 Å². The molecule has 1 aliphatic heterocycles. The van der Waals surface area contributed by atoms with E-state index in [9.17, 15) is 9.59 Å². The lowest BCUT2D eigenvalue weighted by molar-refractivity contribution is -0.131. The van der Waals surface area contributed by atoms with E-state index in [4.69, 9.17) is 11.5 Å². The van der Waals surface area contributed by atoms with E-state index >= 15 is 0 Å². The van der Waals surface area contributed by atoms with Crippen LogP contribution >= 0.6 is 0 Å². The summed E-state index contributed by atoms with van der Waals surface area (Å²) in [6.07, 6.45) is 6.09. The van der Waals surface area contributed by atoms with Crippen molar-refractivity contribution in [3.63, 3.8) is 0 Å². The predicted molar refractivity (Wildman–Crippen MR) is 71.6 cm³/mol. The fourth-order valence-electron chi connectivity index (χ4n) is 2.32. The Morgan fingerprint density at radius 2 is 2.21 bits per heavy atom. The van der Waals surface area contributed by atoms with Crippen LogP contribution in [0.2, 0.25) is 0 Å². The highest BCUT2D eigenvalue weighted by Crippen LogP contribution is 2.30. The molecule has 0 fully saturated rings. The highest BCUT2D eigenvalue weighted by Gasteiger charge is 2.36. The van der Waals surface area contributed by atoms with Crippen molar-refractivity contribution in [2.75, 3.05) is 7.05 Å². The van der Waals surface area contributed by atoms with Gasteiger partial charge < -0.3 is 11.5 Å². The molecule has 0 saturated heterocycles. The van der Waals surface area contributed by atoms with Gasteiger partial charge in [0.25, 0.3) is 0 Å². The summed E-state index contributed by atoms with van der Waals surface area (Å²) in [6, 6.07) is -0.448. The van der Waals surface area contributed by atoms with Gasteiger partial charge in [0.15, 0.2) is 5.96 Å². The fourth-order valence-corrected chi connectivity index (χ4v) is 2.32. The van der Waals surface area contributed by atoms with Crippen LogP contribution in [-0.4, -0.2) is 35.8 Å². The molecule has 6 nitrogen and oxygen atoms in total. The number of hydrogen-bond acceptors (Lipinski definition) is 4. The number of hydrogen-bond donors (Lipinski definition) is 2. The van der Waals surface area contributed by atoms with Crippen LogP contribution in [0.1, 0.15) is 13.3 Å². The van der Waals surface area contributed by atoms with E-state index in [1.807, 2.05) is 12.5 Å². The van der Waals surface area contributed by atoms with Gasteiger partial charge in [-0.25, -0.2) is 4.99 Å². The van der Waals surface area contributed by atoms with Crippen molar-refractivity contribution in [3.05, 3.63) is 29.7 Å². The monoisotopic (exact) mass is 261 g/mol. The first-order valence-corrected chi connectivity index (χ1v) is 6.08. The number of nitrogens with zero attached hydrogens (tertiary/aromatic N) is 2. The van der Waals surface area contributed by atoms with E-state index in [1.165, 1.54) is 4.90 Å². The molecule has 0 saturated carbocycles. The molecule has 2 aliphatic rings. The van der Waals surface area contributed by atoms with Gasteiger partial charge in [-0.15, -0.1) is 0 Å². The van der Waals surface area contributed by atoms with Crippen LogP contribution in [0.15, 0.2) is 28.3 Å². The molecule has 0 aromatic heterocycles. The summed E-state index contributed by atoms with van der Waals surface area (Å²) in [7, 11) is 1.59. The summed E-state index contributed by atoms with van der Waals surface area (Å²) in [5.41, 5.74) is 12.2. The lowest BCUT2D eigenvalue weighted by atomic mass is 9.84. The number of nitrogens with two attached hydrogens (primary N) is 2. The highest BCUT2D eigenvalue weighted by atomic mass is 16.2. The average Bonchev–Trinajstić information content (AvgIpc) is 2.40. The molecule has 0 aromatic rings. The van der Waals surface area contributed by atoms with Crippen molar-refractivity contribution in [2.24, 2.45) is 22.4 Å². The van der Waals surface area contributed by atoms with Crippen molar-refractivity contribution in [1.29, 1.82) is 0 Å². The zero-order valence-electron chi connectivity index (χ0n) is 11.0. The quantitative estimate of drug-likeness (QED) is 0.715. The predicted octanol–water partition coefficient (Wildman–Crippen LogP) is -0.276. The van der Waals surface area contributed by atoms with Gasteiger partial charge in [0.2, 0.25) is 11.8 Å². The number of guanidine groups is 1. The number of carbonyl (C=O) groups excluding carboxylic acids is 2. The number of allylic oxidation sites excluding steroid dienone is 2. The maximum atomic E-state index is 12.1. The number of aliphatic imine (C=N–C) groups is 1. The van der Waals surface area contributed by atoms with E-state index in [0.717, 1.165) is 0 Å². The number of carbonyl (C=O) groups is 2. The SMILES string of the molecule is C[C@@H]1C(=O)N(C)C(N)=NC1C1=CC[CH]C=C1C(N)=O. The Morgan fingerprint density at radius 3 is 2.84 bits per heavy atom. The smallest absolute Gasteiger partial charge is 0.248 e. The van der Waals surface area contributed by atoms with E-state index in [0.29, 0.717) is 17.6 Å². The summed E-state index contributed by atoms with van der Waals surface area (Å²) in [4.78, 5) is 29.2. The normalized spacial score (nSPS) is 27.6. The lowest BCUT2D eigenvalue weighted by Gasteiger charge is -2.33. The molecule has 0 aromatic carbocycles. The molecular weight excluding hydrogens is 244 g/mol. The van der Waals surface area contributed by atoms with Crippen LogP contribution in [0.4, 0.5) is 0 Å². The van der Waals surface area contributed by atoms with Crippen LogP contribution in [0.5, 0.6) is 0 Å². The average molecular weight is 261 g/mol. The third-order valence-corrected chi connectivity index (χ3v) is 3.46. The zero-order valence-corrected chi connectivity index (χ0v) is 11.0. The molecule has 0 bridgehead atoms. The molecule has 2 rings (SSSR count). The molecule has 19 heavy (non-hydrogen) atoms. The highest BCUT2D eigenvalue weighted by molar-refractivity contribution is 6.02. The van der Waals surface area contributed by atoms with Gasteiger partial charge in [-0.2, -0.15) is 0 Å². The van der Waals surface area contributed by atoms with Gasteiger partial charge in [-0.3, -0.25) is 14.5 Å². The van der Waals surface area contributed by atoms with Crippen LogP contribution in [0, 0.1) is 12.3 Å². The summed E-state index contributed by atoms with van der Waals surface area (Å²) < 4.78 is 0. The van der Waals surface area contributed by atoms with Crippen LogP contribution < -0.4 is 11.5 Å². The lowest BCUT2D eigenvalue weighted by Crippen LogP contribution is -2.50. The molecule has 6 heteroatoms. The topological polar surface area (TPSA) is 102 Å². The third-order valence-electron chi connectivity index (χ3n) is 3.46. The summed E-state index contributed by atoms with van der Waals surface area (Å²) in [6.45, 7) is 1.78. The van der Waals surface area contributed by atoms with Gasteiger partial charge in [0.05, 0.1) is 12.0 Å². The zero-order chi connectivity index (χ0) is 14.2. The van der Waals surface area contributed by atoms with Crippen molar-refractivity contribution < 1.29 is 9.59 Å². The Balaban J connectivity index is 2.41. The van der Waals surface area contributed by atoms with Crippen molar-refractivity contribution in [3.8, 4) is 0 Å². The third kappa shape index (κ3) is 2.25. The van der Waals surface area contributed by atoms with Crippen LogP contribution in [0.25, 0.3) is 0 Å². The Hall–Kier alpha value is -2.11. The van der Waals surface area contributed by atoms with Crippen LogP contribution in [0.3, 0.4) is 0 Å². The second kappa shape index (κ2) is 4.87. The molecule has 1 aliphatic carbocycles. The molecule has 101 valence electrons. The number of rotatable bonds is 2. The Labute approximate surface area is 111 Å². The minimum absolute atomic E-state index is 0.114. The maximum absolute atomic E-state index is 12.1. The fraction of sp³-hybridized carbons (Fsp3) is 0.385. The summed E-state index contributed by atoms with van der Waals surface area (Å²) in [5.74, 6) is -0.844. The number of amides is 2. The van der Waals surface area contributed by atoms with Gasteiger partial charge in [-0.1, -0.05) is 19.1 Å². The van der Waals surface area contributed by atoms with Crippen molar-refractivity contribution in [2.45, 2.75) is 19.4 Å². The first-order chi connectivity index (χ1) is 8.93. The molecule has 1 heterocycles. The Bertz CT molecular complexity index is 519. The van der Waals surface area contributed by atoms with E-state index in [2.05, 4.69) is 4.99 Å². The van der Waals surface area contributed by atoms with Crippen molar-refractivity contribution >= 4 is 17.8 Å². The van der Waals surface area contributed by atoms with E-state index in [1.54, 1.807) is 20.0 Å². The standard InChI is InChI=1S/C13H17N4O2/c1-7-10(16-13(15)17(2)12(7)19)8-5-3-4-6-9(8)11(14)18/h4-7,10H,3H2,1-2H3,(H2,14,18)(H2,15,16)/t7-,10?/m0/s1. The molecule has 1 unspecified atom stereocenters. The molecule has 2 atom stereocenters. The second-order valence-corrected chi connectivity index (χ2v) is 4.69. The Kier molecular flexibility index (Phi) is 3.42. The van der Waals surface area contributed by atoms with Gasteiger partial charge in [0, 0.05) is 12.6 Å². The van der Waals surface area contributed by atoms with Crippen molar-refractivity contribution in [1.82, 2.24) is 4.90 Å². The van der Waals surface area contributed by atoms with E-state index in [-0.39, 0.29) is 17.8 Å². The van der Waals surface area contributed by atoms with Gasteiger partial charge in [-0.05, 0) is 18.4 Å². The largest absolute Gasteiger partial charge is 0.369 e. The molecule has 1 radical (unpaired) electrons. The number of primary amides is 1. The van der Waals surface area contributed by atoms with Crippen LogP contribution in [-0.2, 0) is 9.59 Å². The van der Waals surface area contributed by atoms with E-state index < -0.39 is 11.9 Å². The molecule has 0 spiro atoms. The molecule has 2 amide bonds.